The minimum atomic E-state index is 0.740. The Kier molecular flexibility index (Phi) is 5.12. The molecule has 0 amide bonds. The van der Waals surface area contributed by atoms with Crippen molar-refractivity contribution in [3.05, 3.63) is 140 Å². The van der Waals surface area contributed by atoms with Gasteiger partial charge in [0.25, 0.3) is 0 Å². The maximum Gasteiger partial charge on any atom is 0.160 e. The minimum Gasteiger partial charge on any atom is -0.456 e. The number of aromatic nitrogens is 3. The van der Waals surface area contributed by atoms with Crippen LogP contribution in [0.15, 0.2) is 144 Å². The van der Waals surface area contributed by atoms with Gasteiger partial charge in [-0.1, -0.05) is 97.1 Å². The Morgan fingerprint density at radius 1 is 0.511 bits per heavy atom. The third-order valence-electron chi connectivity index (χ3n) is 8.83. The molecule has 0 saturated carbocycles. The van der Waals surface area contributed by atoms with Gasteiger partial charge in [0, 0.05) is 48.4 Å². The van der Waals surface area contributed by atoms with Crippen LogP contribution in [-0.2, 0) is 0 Å². The van der Waals surface area contributed by atoms with Gasteiger partial charge >= 0.3 is 0 Å². The lowest BCUT2D eigenvalue weighted by Gasteiger charge is -2.10. The maximum absolute atomic E-state index is 6.27. The number of nitrogens with zero attached hydrogens (tertiary/aromatic N) is 3. The molecule has 45 heavy (non-hydrogen) atoms. The van der Waals surface area contributed by atoms with Crippen LogP contribution >= 0.6 is 11.3 Å². The number of thiophene rings is 1. The summed E-state index contributed by atoms with van der Waals surface area (Å²) < 4.78 is 11.0. The van der Waals surface area contributed by atoms with E-state index >= 15 is 0 Å². The number of hydrogen-bond acceptors (Lipinski definition) is 4. The number of hydrogen-bond donors (Lipinski definition) is 0. The predicted molar refractivity (Wildman–Crippen MR) is 187 cm³/mol. The largest absolute Gasteiger partial charge is 0.456 e. The standard InChI is InChI=1S/C40H23N3OS/c1-2-10-25(11-3-1)40-41-37(39-38(42-40)29-14-6-9-17-34(29)45-39)24-18-20-26(21-19-24)43-30-15-7-4-12-27(30)35-31(43)22-23-33-36(35)28-13-5-8-16-32(28)44-33/h1-23H. The van der Waals surface area contributed by atoms with Crippen molar-refractivity contribution in [3.8, 4) is 28.3 Å². The van der Waals surface area contributed by atoms with Crippen molar-refractivity contribution in [3.63, 3.8) is 0 Å². The first kappa shape index (κ1) is 24.6. The lowest BCUT2D eigenvalue weighted by Crippen LogP contribution is -1.95. The smallest absolute Gasteiger partial charge is 0.160 e. The molecule has 4 nitrogen and oxygen atoms in total. The first-order valence-corrected chi connectivity index (χ1v) is 15.8. The van der Waals surface area contributed by atoms with E-state index in [9.17, 15) is 0 Å². The summed E-state index contributed by atoms with van der Waals surface area (Å²) in [6.07, 6.45) is 0. The van der Waals surface area contributed by atoms with Gasteiger partial charge in [-0.2, -0.15) is 0 Å². The van der Waals surface area contributed by atoms with Gasteiger partial charge in [0.1, 0.15) is 11.2 Å². The first-order chi connectivity index (χ1) is 22.3. The van der Waals surface area contributed by atoms with Crippen molar-refractivity contribution in [1.29, 1.82) is 0 Å². The monoisotopic (exact) mass is 593 g/mol. The van der Waals surface area contributed by atoms with Gasteiger partial charge in [-0.25, -0.2) is 9.97 Å². The number of para-hydroxylation sites is 2. The molecule has 4 aromatic heterocycles. The molecule has 0 unspecified atom stereocenters. The molecule has 10 aromatic rings. The zero-order valence-electron chi connectivity index (χ0n) is 23.9. The number of furan rings is 1. The molecule has 0 spiro atoms. The van der Waals surface area contributed by atoms with Crippen LogP contribution in [0.1, 0.15) is 0 Å². The molecule has 0 saturated heterocycles. The molecule has 6 aromatic carbocycles. The van der Waals surface area contributed by atoms with Crippen molar-refractivity contribution in [2.45, 2.75) is 0 Å². The molecule has 10 rings (SSSR count). The summed E-state index contributed by atoms with van der Waals surface area (Å²) in [5.41, 5.74) is 9.28. The molecule has 210 valence electrons. The van der Waals surface area contributed by atoms with Gasteiger partial charge in [0.2, 0.25) is 0 Å². The molecule has 4 heterocycles. The van der Waals surface area contributed by atoms with Crippen LogP contribution in [0.5, 0.6) is 0 Å². The molecular formula is C40H23N3OS. The Bertz CT molecular complexity index is 2750. The molecule has 0 atom stereocenters. The summed E-state index contributed by atoms with van der Waals surface area (Å²) in [5, 5.41) is 5.90. The zero-order chi connectivity index (χ0) is 29.5. The van der Waals surface area contributed by atoms with Crippen molar-refractivity contribution in [2.24, 2.45) is 0 Å². The summed E-state index contributed by atoms with van der Waals surface area (Å²) >= 11 is 1.76. The summed E-state index contributed by atoms with van der Waals surface area (Å²) in [7, 11) is 0. The van der Waals surface area contributed by atoms with E-state index < -0.39 is 0 Å². The van der Waals surface area contributed by atoms with Crippen LogP contribution < -0.4 is 0 Å². The fourth-order valence-electron chi connectivity index (χ4n) is 6.82. The Hall–Kier alpha value is -5.78. The van der Waals surface area contributed by atoms with Gasteiger partial charge < -0.3 is 8.98 Å². The van der Waals surface area contributed by atoms with Gasteiger partial charge in [-0.3, -0.25) is 0 Å². The molecule has 0 bridgehead atoms. The summed E-state index contributed by atoms with van der Waals surface area (Å²) in [6, 6.07) is 48.8. The van der Waals surface area contributed by atoms with E-state index in [1.807, 2.05) is 30.3 Å². The van der Waals surface area contributed by atoms with E-state index in [4.69, 9.17) is 14.4 Å². The molecule has 0 aliphatic heterocycles. The van der Waals surface area contributed by atoms with Crippen molar-refractivity contribution in [1.82, 2.24) is 14.5 Å². The van der Waals surface area contributed by atoms with E-state index in [1.165, 1.54) is 26.4 Å². The van der Waals surface area contributed by atoms with Crippen LogP contribution in [-0.4, -0.2) is 14.5 Å². The first-order valence-electron chi connectivity index (χ1n) is 15.0. The van der Waals surface area contributed by atoms with Crippen LogP contribution in [0, 0.1) is 0 Å². The highest BCUT2D eigenvalue weighted by Crippen LogP contribution is 2.42. The SMILES string of the molecule is c1ccc(-c2nc(-c3ccc(-n4c5ccccc5c5c6c(ccc54)oc4ccccc46)cc3)c3sc4ccccc4c3n2)cc1. The summed E-state index contributed by atoms with van der Waals surface area (Å²) in [6.45, 7) is 0. The molecule has 5 heteroatoms. The molecule has 0 aliphatic rings. The lowest BCUT2D eigenvalue weighted by molar-refractivity contribution is 0.669. The summed E-state index contributed by atoms with van der Waals surface area (Å²) in [4.78, 5) is 10.2. The predicted octanol–water partition coefficient (Wildman–Crippen LogP) is 11.2. The molecule has 0 N–H and O–H groups in total. The van der Waals surface area contributed by atoms with Crippen molar-refractivity contribution < 1.29 is 4.42 Å². The van der Waals surface area contributed by atoms with Crippen LogP contribution in [0.25, 0.3) is 92.4 Å². The Morgan fingerprint density at radius 2 is 1.24 bits per heavy atom. The fourth-order valence-corrected chi connectivity index (χ4v) is 7.98. The number of benzene rings is 6. The van der Waals surface area contributed by atoms with E-state index in [1.54, 1.807) is 11.3 Å². The average molecular weight is 594 g/mol. The van der Waals surface area contributed by atoms with Gasteiger partial charge in [0.15, 0.2) is 5.82 Å². The molecule has 0 radical (unpaired) electrons. The third kappa shape index (κ3) is 3.59. The highest BCUT2D eigenvalue weighted by Gasteiger charge is 2.20. The Balaban J connectivity index is 1.20. The average Bonchev–Trinajstić information content (AvgIpc) is 3.78. The Labute approximate surface area is 261 Å². The van der Waals surface area contributed by atoms with Gasteiger partial charge in [-0.15, -0.1) is 11.3 Å². The second-order valence-corrected chi connectivity index (χ2v) is 12.4. The Morgan fingerprint density at radius 3 is 2.11 bits per heavy atom. The van der Waals surface area contributed by atoms with Crippen molar-refractivity contribution >= 4 is 75.4 Å². The fraction of sp³-hybridized carbons (Fsp3) is 0. The van der Waals surface area contributed by atoms with E-state index in [2.05, 4.69) is 114 Å². The second kappa shape index (κ2) is 9.36. The van der Waals surface area contributed by atoms with Gasteiger partial charge in [-0.05, 0) is 42.5 Å². The minimum absolute atomic E-state index is 0.740. The van der Waals surface area contributed by atoms with Gasteiger partial charge in [0.05, 0.1) is 26.9 Å². The normalized spacial score (nSPS) is 12.0. The highest BCUT2D eigenvalue weighted by atomic mass is 32.1. The lowest BCUT2D eigenvalue weighted by atomic mass is 10.1. The number of rotatable bonds is 3. The van der Waals surface area contributed by atoms with E-state index in [0.717, 1.165) is 66.0 Å². The second-order valence-electron chi connectivity index (χ2n) is 11.4. The zero-order valence-corrected chi connectivity index (χ0v) is 24.8. The third-order valence-corrected chi connectivity index (χ3v) is 9.99. The van der Waals surface area contributed by atoms with Crippen molar-refractivity contribution in [2.75, 3.05) is 0 Å². The van der Waals surface area contributed by atoms with Crippen LogP contribution in [0.2, 0.25) is 0 Å². The van der Waals surface area contributed by atoms with Crippen LogP contribution in [0.3, 0.4) is 0 Å². The van der Waals surface area contributed by atoms with E-state index in [-0.39, 0.29) is 0 Å². The molecular weight excluding hydrogens is 571 g/mol. The van der Waals surface area contributed by atoms with E-state index in [0.29, 0.717) is 0 Å². The maximum atomic E-state index is 6.27. The number of fused-ring (bicyclic) bond motifs is 10. The highest BCUT2D eigenvalue weighted by molar-refractivity contribution is 7.26. The summed E-state index contributed by atoms with van der Waals surface area (Å²) in [5.74, 6) is 0.740. The topological polar surface area (TPSA) is 43.9 Å². The quantitative estimate of drug-likeness (QED) is 0.205. The molecule has 0 aliphatic carbocycles. The molecule has 0 fully saturated rings. The van der Waals surface area contributed by atoms with Crippen LogP contribution in [0.4, 0.5) is 0 Å².